The third kappa shape index (κ3) is 8.90. The molecule has 1 aromatic rings. The Labute approximate surface area is 159 Å². The normalized spacial score (nSPS) is 12.6. The van der Waals surface area contributed by atoms with Gasteiger partial charge in [0.1, 0.15) is 12.1 Å². The Bertz CT molecular complexity index is 698. The van der Waals surface area contributed by atoms with Crippen LogP contribution in [0.15, 0.2) is 18.3 Å². The summed E-state index contributed by atoms with van der Waals surface area (Å²) in [6.45, 7) is 1.84. The lowest BCUT2D eigenvalue weighted by atomic mass is 10.1. The summed E-state index contributed by atoms with van der Waals surface area (Å²) in [5.74, 6) is -3.28. The minimum Gasteiger partial charge on any atom is -0.481 e. The van der Waals surface area contributed by atoms with Crippen molar-refractivity contribution >= 4 is 35.7 Å². The first-order chi connectivity index (χ1) is 12.7. The first-order valence-electron chi connectivity index (χ1n) is 7.92. The zero-order valence-electron chi connectivity index (χ0n) is 14.5. The van der Waals surface area contributed by atoms with Crippen molar-refractivity contribution in [1.29, 1.82) is 0 Å². The highest BCUT2D eigenvalue weighted by atomic mass is 32.2. The second kappa shape index (κ2) is 11.0. The Balaban J connectivity index is 2.54. The molecular formula is C16H21N3O7S. The Morgan fingerprint density at radius 1 is 1.11 bits per heavy atom. The van der Waals surface area contributed by atoms with Crippen LogP contribution in [0.3, 0.4) is 0 Å². The van der Waals surface area contributed by atoms with Crippen LogP contribution in [0.2, 0.25) is 0 Å². The lowest BCUT2D eigenvalue weighted by Gasteiger charge is -2.18. The average Bonchev–Trinajstić information content (AvgIpc) is 2.57. The minimum absolute atomic E-state index is 0.0665. The highest BCUT2D eigenvalue weighted by molar-refractivity contribution is 7.98. The maximum absolute atomic E-state index is 11.9. The number of aryl methyl sites for hydroxylation is 1. The van der Waals surface area contributed by atoms with Gasteiger partial charge in [-0.1, -0.05) is 0 Å². The van der Waals surface area contributed by atoms with E-state index in [4.69, 9.17) is 10.2 Å². The number of hydrogen-bond acceptors (Lipinski definition) is 6. The highest BCUT2D eigenvalue weighted by Crippen LogP contribution is 2.13. The van der Waals surface area contributed by atoms with Crippen molar-refractivity contribution in [2.75, 3.05) is 5.75 Å². The van der Waals surface area contributed by atoms with Gasteiger partial charge in [-0.2, -0.15) is 11.8 Å². The summed E-state index contributed by atoms with van der Waals surface area (Å²) in [6, 6.07) is 0.0222. The van der Waals surface area contributed by atoms with Crippen LogP contribution >= 0.6 is 11.8 Å². The minimum atomic E-state index is -1.43. The van der Waals surface area contributed by atoms with Gasteiger partial charge >= 0.3 is 23.9 Å². The molecule has 148 valence electrons. The summed E-state index contributed by atoms with van der Waals surface area (Å²) in [5.41, 5.74) is 1.79. The Morgan fingerprint density at radius 2 is 1.74 bits per heavy atom. The van der Waals surface area contributed by atoms with Gasteiger partial charge in [0.05, 0.1) is 0 Å². The molecule has 1 aromatic heterocycles. The van der Waals surface area contributed by atoms with E-state index in [0.29, 0.717) is 5.75 Å². The fraction of sp³-hybridized carbons (Fsp3) is 0.438. The molecule has 0 radical (unpaired) electrons. The predicted octanol–water partition coefficient (Wildman–Crippen LogP) is 0.694. The Kier molecular flexibility index (Phi) is 9.06. The number of carboxylic acids is 3. The molecule has 27 heavy (non-hydrogen) atoms. The first kappa shape index (κ1) is 22.2. The van der Waals surface area contributed by atoms with E-state index in [1.54, 1.807) is 12.3 Å². The summed E-state index contributed by atoms with van der Waals surface area (Å²) in [4.78, 5) is 48.8. The largest absolute Gasteiger partial charge is 0.481 e. The van der Waals surface area contributed by atoms with Crippen LogP contribution in [0.4, 0.5) is 4.79 Å². The van der Waals surface area contributed by atoms with Gasteiger partial charge in [-0.15, -0.1) is 0 Å². The number of aliphatic carboxylic acids is 3. The molecule has 0 aliphatic heterocycles. The van der Waals surface area contributed by atoms with Crippen LogP contribution in [0.5, 0.6) is 0 Å². The number of urea groups is 1. The van der Waals surface area contributed by atoms with Crippen LogP contribution in [0, 0.1) is 6.92 Å². The first-order valence-corrected chi connectivity index (χ1v) is 9.08. The van der Waals surface area contributed by atoms with E-state index in [1.807, 2.05) is 13.0 Å². The van der Waals surface area contributed by atoms with Crippen LogP contribution in [0.1, 0.15) is 24.1 Å². The smallest absolute Gasteiger partial charge is 0.327 e. The van der Waals surface area contributed by atoms with E-state index < -0.39 is 42.4 Å². The van der Waals surface area contributed by atoms with Gasteiger partial charge in [-0.25, -0.2) is 14.4 Å². The highest BCUT2D eigenvalue weighted by Gasteiger charge is 2.24. The standard InChI is InChI=1S/C16H21N3O7S/c1-9-6-10(4-5-17-9)7-27-8-12(15(24)25)19-16(26)18-11(14(22)23)2-3-13(20)21/h4-6,11-12H,2-3,7-8H2,1H3,(H,20,21)(H,22,23)(H,24,25)(H2,18,19,26). The number of pyridine rings is 1. The summed E-state index contributed by atoms with van der Waals surface area (Å²) in [7, 11) is 0. The number of rotatable bonds is 11. The molecule has 0 saturated heterocycles. The zero-order valence-corrected chi connectivity index (χ0v) is 15.4. The predicted molar refractivity (Wildman–Crippen MR) is 96.5 cm³/mol. The molecule has 10 nitrogen and oxygen atoms in total. The molecule has 0 aliphatic carbocycles. The number of aromatic nitrogens is 1. The molecule has 0 aromatic carbocycles. The Hall–Kier alpha value is -2.82. The summed E-state index contributed by atoms with van der Waals surface area (Å²) >= 11 is 1.29. The molecule has 1 rings (SSSR count). The van der Waals surface area contributed by atoms with Gasteiger partial charge in [0.2, 0.25) is 0 Å². The molecule has 0 aliphatic rings. The topological polar surface area (TPSA) is 166 Å². The van der Waals surface area contributed by atoms with Gasteiger partial charge in [0, 0.05) is 29.8 Å². The maximum atomic E-state index is 11.9. The number of amides is 2. The van der Waals surface area contributed by atoms with Crippen molar-refractivity contribution in [3.63, 3.8) is 0 Å². The molecule has 0 fully saturated rings. The van der Waals surface area contributed by atoms with Gasteiger partial charge < -0.3 is 26.0 Å². The van der Waals surface area contributed by atoms with Gasteiger partial charge in [0.15, 0.2) is 0 Å². The number of carbonyl (C=O) groups is 4. The van der Waals surface area contributed by atoms with E-state index in [1.165, 1.54) is 11.8 Å². The molecule has 11 heteroatoms. The van der Waals surface area contributed by atoms with Crippen molar-refractivity contribution < 1.29 is 34.5 Å². The van der Waals surface area contributed by atoms with Crippen molar-refractivity contribution in [3.8, 4) is 0 Å². The second-order valence-electron chi connectivity index (χ2n) is 5.65. The molecule has 2 atom stereocenters. The fourth-order valence-corrected chi connectivity index (χ4v) is 3.04. The molecule has 2 unspecified atom stereocenters. The molecular weight excluding hydrogens is 378 g/mol. The average molecular weight is 399 g/mol. The van der Waals surface area contributed by atoms with Gasteiger partial charge in [-0.3, -0.25) is 9.78 Å². The number of carboxylic acid groups (broad SMARTS) is 3. The molecule has 1 heterocycles. The lowest BCUT2D eigenvalue weighted by Crippen LogP contribution is -2.52. The van der Waals surface area contributed by atoms with Crippen LogP contribution < -0.4 is 10.6 Å². The second-order valence-corrected chi connectivity index (χ2v) is 6.68. The van der Waals surface area contributed by atoms with Gasteiger partial charge in [0.25, 0.3) is 0 Å². The fourth-order valence-electron chi connectivity index (χ4n) is 2.05. The molecule has 0 saturated carbocycles. The number of thioether (sulfide) groups is 1. The lowest BCUT2D eigenvalue weighted by molar-refractivity contribution is -0.140. The van der Waals surface area contributed by atoms with E-state index in [0.717, 1.165) is 11.3 Å². The van der Waals surface area contributed by atoms with Crippen LogP contribution in [-0.2, 0) is 20.1 Å². The number of hydrogen-bond donors (Lipinski definition) is 5. The summed E-state index contributed by atoms with van der Waals surface area (Å²) in [6.07, 6.45) is 0.890. The third-order valence-corrected chi connectivity index (χ3v) is 4.47. The summed E-state index contributed by atoms with van der Waals surface area (Å²) < 4.78 is 0. The monoisotopic (exact) mass is 399 g/mol. The molecule has 0 spiro atoms. The van der Waals surface area contributed by atoms with Crippen molar-refractivity contribution in [2.24, 2.45) is 0 Å². The third-order valence-electron chi connectivity index (χ3n) is 3.37. The zero-order chi connectivity index (χ0) is 20.4. The SMILES string of the molecule is Cc1cc(CSCC(NC(=O)NC(CCC(=O)O)C(=O)O)C(=O)O)ccn1. The van der Waals surface area contributed by atoms with E-state index >= 15 is 0 Å². The van der Waals surface area contributed by atoms with Gasteiger partial charge in [-0.05, 0) is 31.0 Å². The van der Waals surface area contributed by atoms with Crippen molar-refractivity contribution in [3.05, 3.63) is 29.6 Å². The number of nitrogens with one attached hydrogen (secondary N) is 2. The van der Waals surface area contributed by atoms with Crippen molar-refractivity contribution in [2.45, 2.75) is 37.6 Å². The van der Waals surface area contributed by atoms with Crippen molar-refractivity contribution in [1.82, 2.24) is 15.6 Å². The van der Waals surface area contributed by atoms with E-state index in [2.05, 4.69) is 15.6 Å². The molecule has 0 bridgehead atoms. The Morgan fingerprint density at radius 3 is 2.30 bits per heavy atom. The maximum Gasteiger partial charge on any atom is 0.327 e. The molecule has 5 N–H and O–H groups in total. The van der Waals surface area contributed by atoms with Crippen LogP contribution in [-0.4, -0.2) is 62.1 Å². The number of nitrogens with zero attached hydrogens (tertiary/aromatic N) is 1. The van der Waals surface area contributed by atoms with Crippen LogP contribution in [0.25, 0.3) is 0 Å². The van der Waals surface area contributed by atoms with E-state index in [9.17, 15) is 24.3 Å². The summed E-state index contributed by atoms with van der Waals surface area (Å²) in [5, 5.41) is 31.1. The van der Waals surface area contributed by atoms with E-state index in [-0.39, 0.29) is 12.2 Å². The quantitative estimate of drug-likeness (QED) is 0.360. The molecule has 2 amide bonds. The number of carbonyl (C=O) groups excluding carboxylic acids is 1.